The Balaban J connectivity index is 3.19. The van der Waals surface area contributed by atoms with E-state index in [0.29, 0.717) is 11.3 Å². The van der Waals surface area contributed by atoms with E-state index in [4.69, 9.17) is 5.41 Å². The Kier molecular flexibility index (Phi) is 3.35. The molecule has 1 amide bonds. The van der Waals surface area contributed by atoms with Crippen LogP contribution in [0.1, 0.15) is 12.5 Å². The number of carbonyl (C=O) groups excluding carboxylic acids is 1. The minimum Gasteiger partial charge on any atom is -0.326 e. The van der Waals surface area contributed by atoms with Crippen LogP contribution in [0.25, 0.3) is 0 Å². The van der Waals surface area contributed by atoms with Gasteiger partial charge in [0.2, 0.25) is 5.91 Å². The molecule has 0 saturated heterocycles. The van der Waals surface area contributed by atoms with Gasteiger partial charge in [0.15, 0.2) is 0 Å². The van der Waals surface area contributed by atoms with Crippen LogP contribution < -0.4 is 5.32 Å². The Labute approximate surface area is 89.0 Å². The third-order valence-electron chi connectivity index (χ3n) is 1.56. The first-order valence-electron chi connectivity index (χ1n) is 3.81. The first-order chi connectivity index (χ1) is 6.54. The Hall–Kier alpha value is -1.23. The van der Waals surface area contributed by atoms with Gasteiger partial charge in [-0.3, -0.25) is 4.79 Å². The van der Waals surface area contributed by atoms with Crippen molar-refractivity contribution in [2.45, 2.75) is 6.92 Å². The number of amides is 1. The zero-order valence-electron chi connectivity index (χ0n) is 7.40. The van der Waals surface area contributed by atoms with Gasteiger partial charge >= 0.3 is 0 Å². The molecule has 3 nitrogen and oxygen atoms in total. The lowest BCUT2D eigenvalue weighted by atomic mass is 10.2. The highest BCUT2D eigenvalue weighted by Crippen LogP contribution is 2.23. The summed E-state index contributed by atoms with van der Waals surface area (Å²) in [4.78, 5) is 10.8. The maximum Gasteiger partial charge on any atom is 0.221 e. The Morgan fingerprint density at radius 1 is 1.64 bits per heavy atom. The molecule has 0 bridgehead atoms. The van der Waals surface area contributed by atoms with E-state index < -0.39 is 5.82 Å². The minimum absolute atomic E-state index is 0.256. The van der Waals surface area contributed by atoms with Crippen LogP contribution in [0.2, 0.25) is 0 Å². The van der Waals surface area contributed by atoms with Crippen LogP contribution in [0.15, 0.2) is 16.6 Å². The summed E-state index contributed by atoms with van der Waals surface area (Å²) in [5, 5.41) is 9.54. The number of hydrogen-bond donors (Lipinski definition) is 2. The van der Waals surface area contributed by atoms with Crippen molar-refractivity contribution in [2.24, 2.45) is 0 Å². The summed E-state index contributed by atoms with van der Waals surface area (Å²) in [6, 6.07) is 2.61. The van der Waals surface area contributed by atoms with Crippen LogP contribution in [0.3, 0.4) is 0 Å². The van der Waals surface area contributed by atoms with Gasteiger partial charge in [-0.1, -0.05) is 0 Å². The number of nitrogens with one attached hydrogen (secondary N) is 2. The van der Waals surface area contributed by atoms with E-state index in [9.17, 15) is 9.18 Å². The van der Waals surface area contributed by atoms with Gasteiger partial charge in [-0.05, 0) is 28.1 Å². The van der Waals surface area contributed by atoms with E-state index in [1.807, 2.05) is 0 Å². The Morgan fingerprint density at radius 2 is 2.29 bits per heavy atom. The van der Waals surface area contributed by atoms with Gasteiger partial charge in [-0.2, -0.15) is 0 Å². The van der Waals surface area contributed by atoms with Crippen LogP contribution in [-0.2, 0) is 4.79 Å². The number of carbonyl (C=O) groups is 1. The van der Waals surface area contributed by atoms with Gasteiger partial charge in [0.1, 0.15) is 5.82 Å². The second kappa shape index (κ2) is 4.32. The largest absolute Gasteiger partial charge is 0.326 e. The third kappa shape index (κ3) is 2.38. The standard InChI is InChI=1S/C9H8BrFN2O/c1-5(14)13-9-3-7(10)8(11)2-6(9)4-12/h2-4,12H,1H3,(H,13,14). The van der Waals surface area contributed by atoms with E-state index in [0.717, 1.165) is 6.21 Å². The molecule has 0 saturated carbocycles. The van der Waals surface area contributed by atoms with Crippen molar-refractivity contribution in [3.05, 3.63) is 28.0 Å². The van der Waals surface area contributed by atoms with E-state index in [2.05, 4.69) is 21.2 Å². The minimum atomic E-state index is -0.461. The van der Waals surface area contributed by atoms with Crippen molar-refractivity contribution in [1.82, 2.24) is 0 Å². The first-order valence-corrected chi connectivity index (χ1v) is 4.61. The van der Waals surface area contributed by atoms with Crippen LogP contribution in [0.4, 0.5) is 10.1 Å². The molecule has 0 aromatic heterocycles. The van der Waals surface area contributed by atoms with Gasteiger partial charge in [0.05, 0.1) is 10.2 Å². The van der Waals surface area contributed by atoms with Gasteiger partial charge in [-0.15, -0.1) is 0 Å². The average Bonchev–Trinajstić information content (AvgIpc) is 2.10. The first kappa shape index (κ1) is 10.8. The molecule has 0 unspecified atom stereocenters. The topological polar surface area (TPSA) is 53.0 Å². The maximum absolute atomic E-state index is 13.0. The molecule has 0 spiro atoms. The molecule has 0 radical (unpaired) electrons. The highest BCUT2D eigenvalue weighted by molar-refractivity contribution is 9.10. The maximum atomic E-state index is 13.0. The molecule has 14 heavy (non-hydrogen) atoms. The third-order valence-corrected chi connectivity index (χ3v) is 2.17. The lowest BCUT2D eigenvalue weighted by molar-refractivity contribution is -0.114. The Bertz CT molecular complexity index is 393. The van der Waals surface area contributed by atoms with Gasteiger partial charge < -0.3 is 10.7 Å². The number of hydrogen-bond acceptors (Lipinski definition) is 2. The van der Waals surface area contributed by atoms with E-state index >= 15 is 0 Å². The van der Waals surface area contributed by atoms with Crippen LogP contribution in [0, 0.1) is 11.2 Å². The van der Waals surface area contributed by atoms with E-state index in [1.165, 1.54) is 19.1 Å². The van der Waals surface area contributed by atoms with Crippen molar-refractivity contribution in [3.8, 4) is 0 Å². The molecule has 0 aliphatic carbocycles. The van der Waals surface area contributed by atoms with Crippen molar-refractivity contribution in [2.75, 3.05) is 5.32 Å². The summed E-state index contributed by atoms with van der Waals surface area (Å²) in [7, 11) is 0. The second-order valence-corrected chi connectivity index (χ2v) is 3.53. The molecular formula is C9H8BrFN2O. The smallest absolute Gasteiger partial charge is 0.221 e. The van der Waals surface area contributed by atoms with Gasteiger partial charge in [-0.25, -0.2) is 4.39 Å². The molecule has 1 aromatic rings. The molecule has 0 atom stereocenters. The monoisotopic (exact) mass is 258 g/mol. The zero-order valence-corrected chi connectivity index (χ0v) is 8.98. The molecule has 0 heterocycles. The molecule has 74 valence electrons. The normalized spacial score (nSPS) is 9.64. The van der Waals surface area contributed by atoms with Crippen LogP contribution in [0.5, 0.6) is 0 Å². The molecular weight excluding hydrogens is 251 g/mol. The molecule has 0 aliphatic heterocycles. The van der Waals surface area contributed by atoms with E-state index in [1.54, 1.807) is 0 Å². The predicted molar refractivity (Wildman–Crippen MR) is 56.3 cm³/mol. The van der Waals surface area contributed by atoms with Crippen LogP contribution in [-0.4, -0.2) is 12.1 Å². The fourth-order valence-electron chi connectivity index (χ4n) is 0.980. The highest BCUT2D eigenvalue weighted by atomic mass is 79.9. The van der Waals surface area contributed by atoms with Crippen molar-refractivity contribution >= 4 is 33.7 Å². The fraction of sp³-hybridized carbons (Fsp3) is 0.111. The molecule has 1 aromatic carbocycles. The molecule has 0 aliphatic rings. The van der Waals surface area contributed by atoms with Gasteiger partial charge in [0.25, 0.3) is 0 Å². The summed E-state index contributed by atoms with van der Waals surface area (Å²) in [5.41, 5.74) is 0.752. The average molecular weight is 259 g/mol. The molecule has 1 rings (SSSR count). The van der Waals surface area contributed by atoms with Gasteiger partial charge in [0, 0.05) is 18.7 Å². The molecule has 2 N–H and O–H groups in total. The SMILES string of the molecule is CC(=O)Nc1cc(Br)c(F)cc1C=N. The van der Waals surface area contributed by atoms with Crippen LogP contribution >= 0.6 is 15.9 Å². The summed E-state index contributed by atoms with van der Waals surface area (Å²) in [6.45, 7) is 1.35. The lowest BCUT2D eigenvalue weighted by Crippen LogP contribution is -2.08. The fourth-order valence-corrected chi connectivity index (χ4v) is 1.32. The molecule has 0 fully saturated rings. The van der Waals surface area contributed by atoms with Crippen molar-refractivity contribution < 1.29 is 9.18 Å². The van der Waals surface area contributed by atoms with E-state index in [-0.39, 0.29) is 10.4 Å². The van der Waals surface area contributed by atoms with Crippen molar-refractivity contribution in [3.63, 3.8) is 0 Å². The zero-order chi connectivity index (χ0) is 10.7. The number of rotatable bonds is 2. The number of halogens is 2. The number of benzene rings is 1. The Morgan fingerprint density at radius 3 is 2.79 bits per heavy atom. The predicted octanol–water partition coefficient (Wildman–Crippen LogP) is 2.54. The summed E-state index contributed by atoms with van der Waals surface area (Å²) >= 11 is 3.00. The second-order valence-electron chi connectivity index (χ2n) is 2.68. The molecule has 5 heteroatoms. The summed E-state index contributed by atoms with van der Waals surface area (Å²) < 4.78 is 13.3. The summed E-state index contributed by atoms with van der Waals surface area (Å²) in [6.07, 6.45) is 0.987. The van der Waals surface area contributed by atoms with Crippen molar-refractivity contribution in [1.29, 1.82) is 5.41 Å². The summed E-state index contributed by atoms with van der Waals surface area (Å²) in [5.74, 6) is -0.718. The lowest BCUT2D eigenvalue weighted by Gasteiger charge is -2.07. The number of anilines is 1. The quantitative estimate of drug-likeness (QED) is 0.788. The highest BCUT2D eigenvalue weighted by Gasteiger charge is 2.07.